The number of hydrogen-bond donors (Lipinski definition) is 0. The molecule has 1 amide bonds. The second-order valence-electron chi connectivity index (χ2n) is 11.8. The maximum Gasteiger partial charge on any atom is 0.417 e. The number of piperazine rings is 1. The molecule has 0 N–H and O–H groups in total. The van der Waals surface area contributed by atoms with Crippen LogP contribution in [0.25, 0.3) is 22.0 Å². The van der Waals surface area contributed by atoms with Gasteiger partial charge >= 0.3 is 11.9 Å². The lowest BCUT2D eigenvalue weighted by Gasteiger charge is -2.44. The number of aryl methyl sites for hydroxylation is 1. The van der Waals surface area contributed by atoms with Crippen molar-refractivity contribution in [3.63, 3.8) is 0 Å². The highest BCUT2D eigenvalue weighted by Crippen LogP contribution is 2.51. The number of amides is 1. The minimum Gasteiger partial charge on any atom is -0.380 e. The van der Waals surface area contributed by atoms with E-state index in [9.17, 15) is 22.8 Å². The van der Waals surface area contributed by atoms with Crippen LogP contribution in [0.3, 0.4) is 0 Å². The number of anilines is 1. The molecule has 7 nitrogen and oxygen atoms in total. The smallest absolute Gasteiger partial charge is 0.380 e. The molecule has 4 heterocycles. The third-order valence-electron chi connectivity index (χ3n) is 8.42. The van der Waals surface area contributed by atoms with Gasteiger partial charge in [-0.15, -0.1) is 11.8 Å². The van der Waals surface area contributed by atoms with Crippen LogP contribution in [-0.4, -0.2) is 64.5 Å². The van der Waals surface area contributed by atoms with Gasteiger partial charge in [-0.1, -0.05) is 6.58 Å². The van der Waals surface area contributed by atoms with Gasteiger partial charge in [0.05, 0.1) is 29.9 Å². The van der Waals surface area contributed by atoms with Crippen molar-refractivity contribution in [1.29, 1.82) is 0 Å². The van der Waals surface area contributed by atoms with E-state index in [1.54, 1.807) is 23.6 Å². The molecular formula is C30H29F5N4O3S. The second-order valence-corrected chi connectivity index (χ2v) is 12.7. The van der Waals surface area contributed by atoms with Crippen LogP contribution in [0.15, 0.2) is 40.5 Å². The molecule has 2 saturated heterocycles. The van der Waals surface area contributed by atoms with Gasteiger partial charge in [0.15, 0.2) is 0 Å². The van der Waals surface area contributed by atoms with Crippen molar-refractivity contribution in [3.05, 3.63) is 64.1 Å². The molecule has 0 aliphatic carbocycles. The molecule has 3 aliphatic rings. The zero-order valence-corrected chi connectivity index (χ0v) is 24.5. The molecule has 6 rings (SSSR count). The lowest BCUT2D eigenvalue weighted by Crippen LogP contribution is -2.58. The van der Waals surface area contributed by atoms with E-state index in [0.29, 0.717) is 0 Å². The summed E-state index contributed by atoms with van der Waals surface area (Å²) in [6.07, 6.45) is -3.79. The minimum absolute atomic E-state index is 0.0300. The lowest BCUT2D eigenvalue weighted by molar-refractivity contribution is -0.137. The maximum atomic E-state index is 15.4. The van der Waals surface area contributed by atoms with Crippen molar-refractivity contribution >= 4 is 34.4 Å². The topological polar surface area (TPSA) is 67.7 Å². The van der Waals surface area contributed by atoms with Crippen LogP contribution in [0.2, 0.25) is 0 Å². The number of thioether (sulfide) groups is 1. The summed E-state index contributed by atoms with van der Waals surface area (Å²) in [5.41, 5.74) is -3.51. The van der Waals surface area contributed by atoms with Gasteiger partial charge < -0.3 is 14.5 Å². The first-order valence-electron chi connectivity index (χ1n) is 13.8. The van der Waals surface area contributed by atoms with Gasteiger partial charge in [-0.3, -0.25) is 9.36 Å². The van der Waals surface area contributed by atoms with E-state index in [0.717, 1.165) is 30.0 Å². The summed E-state index contributed by atoms with van der Waals surface area (Å²) in [4.78, 5) is 33.8. The highest BCUT2D eigenvalue weighted by molar-refractivity contribution is 7.99. The van der Waals surface area contributed by atoms with E-state index < -0.39 is 45.6 Å². The number of benzene rings is 2. The highest BCUT2D eigenvalue weighted by atomic mass is 32.2. The molecule has 0 unspecified atom stereocenters. The molecule has 2 fully saturated rings. The Hall–Kier alpha value is -3.45. The van der Waals surface area contributed by atoms with Crippen molar-refractivity contribution < 1.29 is 31.5 Å². The summed E-state index contributed by atoms with van der Waals surface area (Å²) in [7, 11) is 0. The van der Waals surface area contributed by atoms with E-state index in [1.807, 2.05) is 0 Å². The molecule has 0 radical (unpaired) electrons. The lowest BCUT2D eigenvalue weighted by atomic mass is 9.88. The molecule has 228 valence electrons. The van der Waals surface area contributed by atoms with Crippen LogP contribution in [0.5, 0.6) is 0 Å². The van der Waals surface area contributed by atoms with Gasteiger partial charge in [0.2, 0.25) is 5.91 Å². The van der Waals surface area contributed by atoms with Crippen LogP contribution >= 0.6 is 11.8 Å². The zero-order valence-electron chi connectivity index (χ0n) is 23.7. The van der Waals surface area contributed by atoms with Crippen molar-refractivity contribution in [1.82, 2.24) is 14.5 Å². The predicted octanol–water partition coefficient (Wildman–Crippen LogP) is 5.40. The highest BCUT2D eigenvalue weighted by Gasteiger charge is 2.45. The SMILES string of the molecule is C=CC(=O)N1[C@H](C)CN(c2nc(=O)n3c4c(c(-c5c(F)cc(C)cc5F)c(C(F)(F)F)cc24)SCC2(COC2)C3)C[C@@H]1C. The molecule has 43 heavy (non-hydrogen) atoms. The monoisotopic (exact) mass is 620 g/mol. The second kappa shape index (κ2) is 10.3. The summed E-state index contributed by atoms with van der Waals surface area (Å²) in [5.74, 6) is -2.22. The number of halogens is 5. The molecule has 0 saturated carbocycles. The Kier molecular flexibility index (Phi) is 7.11. The van der Waals surface area contributed by atoms with Gasteiger partial charge in [-0.05, 0) is 50.6 Å². The van der Waals surface area contributed by atoms with Gasteiger partial charge in [0.1, 0.15) is 17.5 Å². The van der Waals surface area contributed by atoms with E-state index in [1.165, 1.54) is 17.6 Å². The molecule has 1 spiro atoms. The summed E-state index contributed by atoms with van der Waals surface area (Å²) >= 11 is 1.05. The van der Waals surface area contributed by atoms with Crippen LogP contribution in [0.1, 0.15) is 25.0 Å². The van der Waals surface area contributed by atoms with Crippen molar-refractivity contribution in [2.75, 3.05) is 37.0 Å². The first kappa shape index (κ1) is 29.6. The Labute approximate surface area is 248 Å². The van der Waals surface area contributed by atoms with Crippen LogP contribution < -0.4 is 10.6 Å². The largest absolute Gasteiger partial charge is 0.417 e. The normalized spacial score (nSPS) is 21.6. The van der Waals surface area contributed by atoms with E-state index in [4.69, 9.17) is 4.74 Å². The molecule has 2 aromatic carbocycles. The number of nitrogens with zero attached hydrogens (tertiary/aromatic N) is 4. The summed E-state index contributed by atoms with van der Waals surface area (Å²) in [6.45, 7) is 9.69. The summed E-state index contributed by atoms with van der Waals surface area (Å²) in [5, 5.41) is 0.0475. The Bertz CT molecular complexity index is 1700. The Balaban J connectivity index is 1.67. The fraction of sp³-hybridized carbons (Fsp3) is 0.433. The molecule has 0 bridgehead atoms. The number of alkyl halides is 3. The average molecular weight is 621 g/mol. The quantitative estimate of drug-likeness (QED) is 0.289. The Morgan fingerprint density at radius 1 is 1.12 bits per heavy atom. The number of hydrogen-bond acceptors (Lipinski definition) is 6. The van der Waals surface area contributed by atoms with Crippen molar-refractivity contribution in [2.24, 2.45) is 5.41 Å². The maximum absolute atomic E-state index is 15.4. The predicted molar refractivity (Wildman–Crippen MR) is 153 cm³/mol. The standard InChI is InChI=1S/C30H29F5N4O3S/c1-5-22(40)39-16(3)9-37(10-17(39)4)27-18-8-19(30(33,34)35)23(24-20(31)6-15(2)7-21(24)32)26-25(18)38(28(41)36-27)11-29(14-43-26)12-42-13-29/h5-8,16-17H,1,9-14H2,2-4H3/t16-,17+. The first-order valence-corrected chi connectivity index (χ1v) is 14.8. The van der Waals surface area contributed by atoms with Gasteiger partial charge in [-0.2, -0.15) is 18.2 Å². The zero-order chi connectivity index (χ0) is 31.0. The molecule has 2 atom stereocenters. The number of carbonyl (C=O) groups excluding carboxylic acids is 1. The Morgan fingerprint density at radius 3 is 2.28 bits per heavy atom. The molecular weight excluding hydrogens is 591 g/mol. The molecule has 13 heteroatoms. The van der Waals surface area contributed by atoms with Crippen molar-refractivity contribution in [3.8, 4) is 11.1 Å². The average Bonchev–Trinajstić information content (AvgIpc) is 3.08. The third kappa shape index (κ3) is 4.80. The van der Waals surface area contributed by atoms with Gasteiger partial charge in [-0.25, -0.2) is 13.6 Å². The first-order chi connectivity index (χ1) is 20.2. The van der Waals surface area contributed by atoms with Crippen LogP contribution in [-0.2, 0) is 22.3 Å². The fourth-order valence-corrected chi connectivity index (χ4v) is 7.96. The van der Waals surface area contributed by atoms with Gasteiger partial charge in [0, 0.05) is 58.7 Å². The molecule has 3 aromatic rings. The third-order valence-corrected chi connectivity index (χ3v) is 9.86. The van der Waals surface area contributed by atoms with Crippen LogP contribution in [0, 0.1) is 24.0 Å². The summed E-state index contributed by atoms with van der Waals surface area (Å²) < 4.78 is 82.3. The Morgan fingerprint density at radius 2 is 1.74 bits per heavy atom. The van der Waals surface area contributed by atoms with E-state index in [2.05, 4.69) is 11.6 Å². The molecule has 3 aliphatic heterocycles. The number of rotatable bonds is 3. The molecule has 1 aromatic heterocycles. The van der Waals surface area contributed by atoms with E-state index in [-0.39, 0.29) is 83.8 Å². The fourth-order valence-electron chi connectivity index (χ4n) is 6.54. The number of carbonyl (C=O) groups is 1. The van der Waals surface area contributed by atoms with Crippen molar-refractivity contribution in [2.45, 2.75) is 50.5 Å². The van der Waals surface area contributed by atoms with E-state index >= 15 is 8.78 Å². The number of aromatic nitrogens is 2. The summed E-state index contributed by atoms with van der Waals surface area (Å²) in [6, 6.07) is 2.11. The van der Waals surface area contributed by atoms with Gasteiger partial charge in [0.25, 0.3) is 0 Å². The van der Waals surface area contributed by atoms with Crippen LogP contribution in [0.4, 0.5) is 27.8 Å². The number of ether oxygens (including phenoxy) is 1. The minimum atomic E-state index is -5.00.